The fraction of sp³-hybridized carbons (Fsp3) is 0.222. The molecule has 1 aromatic rings. The Bertz CT molecular complexity index is 466. The van der Waals surface area contributed by atoms with Gasteiger partial charge in [-0.25, -0.2) is 0 Å². The maximum atomic E-state index is 3.94. The van der Waals surface area contributed by atoms with E-state index in [1.165, 1.54) is 11.3 Å². The second-order valence-electron chi connectivity index (χ2n) is 4.20. The molecule has 0 fully saturated rings. The molecule has 0 aromatic heterocycles. The van der Waals surface area contributed by atoms with Crippen molar-refractivity contribution in [2.24, 2.45) is 0 Å². The van der Waals surface area contributed by atoms with Gasteiger partial charge in [-0.1, -0.05) is 43.0 Å². The molecule has 19 heavy (non-hydrogen) atoms. The van der Waals surface area contributed by atoms with Crippen molar-refractivity contribution in [3.8, 4) is 0 Å². The van der Waals surface area contributed by atoms with Gasteiger partial charge in [-0.2, -0.15) is 0 Å². The van der Waals surface area contributed by atoms with Crippen molar-refractivity contribution in [3.05, 3.63) is 79.2 Å². The number of hydrogen-bond acceptors (Lipinski definition) is 1. The van der Waals surface area contributed by atoms with Crippen LogP contribution in [-0.4, -0.2) is 0 Å². The molecule has 0 aliphatic carbocycles. The maximum absolute atomic E-state index is 3.94. The molecule has 0 spiro atoms. The van der Waals surface area contributed by atoms with Crippen LogP contribution >= 0.6 is 0 Å². The van der Waals surface area contributed by atoms with Crippen molar-refractivity contribution in [2.75, 3.05) is 4.90 Å². The Morgan fingerprint density at radius 3 is 2.26 bits per heavy atom. The van der Waals surface area contributed by atoms with Crippen LogP contribution in [0.25, 0.3) is 0 Å². The Balaban J connectivity index is 3.06. The number of para-hydroxylation sites is 1. The van der Waals surface area contributed by atoms with Crippen molar-refractivity contribution in [3.63, 3.8) is 0 Å². The Kier molecular flexibility index (Phi) is 6.45. The fourth-order valence-electron chi connectivity index (χ4n) is 2.09. The Labute approximate surface area is 117 Å². The highest BCUT2D eigenvalue weighted by Crippen LogP contribution is 2.26. The van der Waals surface area contributed by atoms with Gasteiger partial charge in [0, 0.05) is 17.6 Å². The molecule has 0 unspecified atom stereocenters. The van der Waals surface area contributed by atoms with E-state index in [1.807, 2.05) is 30.5 Å². The zero-order valence-corrected chi connectivity index (χ0v) is 12.0. The molecule has 100 valence electrons. The van der Waals surface area contributed by atoms with Crippen LogP contribution in [-0.2, 0) is 0 Å². The summed E-state index contributed by atoms with van der Waals surface area (Å²) in [6, 6.07) is 10.3. The monoisotopic (exact) mass is 253 g/mol. The third kappa shape index (κ3) is 3.99. The second-order valence-corrected chi connectivity index (χ2v) is 4.20. The lowest BCUT2D eigenvalue weighted by molar-refractivity contribution is 0.960. The average Bonchev–Trinajstić information content (AvgIpc) is 2.47. The lowest BCUT2D eigenvalue weighted by Gasteiger charge is -2.25. The van der Waals surface area contributed by atoms with Gasteiger partial charge in [-0.05, 0) is 44.4 Å². The third-order valence-corrected chi connectivity index (χ3v) is 3.05. The number of rotatable bonds is 7. The van der Waals surface area contributed by atoms with Gasteiger partial charge in [0.05, 0.1) is 0 Å². The van der Waals surface area contributed by atoms with Crippen LogP contribution in [0.5, 0.6) is 0 Å². The molecule has 0 aliphatic heterocycles. The van der Waals surface area contributed by atoms with Crippen molar-refractivity contribution < 1.29 is 0 Å². The molecule has 0 saturated heterocycles. The third-order valence-electron chi connectivity index (χ3n) is 3.05. The largest absolute Gasteiger partial charge is 0.318 e. The summed E-state index contributed by atoms with van der Waals surface area (Å²) in [5, 5.41) is 0. The van der Waals surface area contributed by atoms with E-state index in [0.717, 1.165) is 18.5 Å². The number of allylic oxidation sites excluding steroid dienone is 4. The molecular weight excluding hydrogens is 230 g/mol. The first-order valence-electron chi connectivity index (χ1n) is 6.68. The quantitative estimate of drug-likeness (QED) is 0.461. The molecule has 0 atom stereocenters. The molecule has 1 rings (SSSR count). The summed E-state index contributed by atoms with van der Waals surface area (Å²) in [5.74, 6) is 0. The molecule has 1 heteroatoms. The molecule has 1 nitrogen and oxygen atoms in total. The first-order valence-corrected chi connectivity index (χ1v) is 6.68. The standard InChI is InChI=1S/C18H23N/c1-5-9-13-16(6-2)18(7-3)19(8-4)17-14-11-10-12-15-17/h5-8,10-12,14-15H,1,4,9,13H2,2-3H3/b16-6+,18-7-. The predicted octanol–water partition coefficient (Wildman–Crippen LogP) is 5.45. The lowest BCUT2D eigenvalue weighted by Crippen LogP contribution is -2.16. The van der Waals surface area contributed by atoms with Gasteiger partial charge in [-0.3, -0.25) is 0 Å². The average molecular weight is 253 g/mol. The molecule has 0 bridgehead atoms. The first kappa shape index (κ1) is 15.0. The van der Waals surface area contributed by atoms with Crippen LogP contribution in [0, 0.1) is 0 Å². The van der Waals surface area contributed by atoms with E-state index in [9.17, 15) is 0 Å². The highest BCUT2D eigenvalue weighted by atomic mass is 15.1. The summed E-state index contributed by atoms with van der Waals surface area (Å²) in [5.41, 5.74) is 3.63. The van der Waals surface area contributed by atoms with Crippen LogP contribution in [0.15, 0.2) is 79.2 Å². The summed E-state index contributed by atoms with van der Waals surface area (Å²) in [6.45, 7) is 11.9. The predicted molar refractivity (Wildman–Crippen MR) is 86.1 cm³/mol. The van der Waals surface area contributed by atoms with Gasteiger partial charge < -0.3 is 4.90 Å². The van der Waals surface area contributed by atoms with Gasteiger partial charge >= 0.3 is 0 Å². The van der Waals surface area contributed by atoms with Crippen molar-refractivity contribution in [1.82, 2.24) is 0 Å². The lowest BCUT2D eigenvalue weighted by atomic mass is 10.0. The smallest absolute Gasteiger partial charge is 0.0455 e. The minimum Gasteiger partial charge on any atom is -0.318 e. The Morgan fingerprint density at radius 2 is 1.79 bits per heavy atom. The second kappa shape index (κ2) is 8.15. The summed E-state index contributed by atoms with van der Waals surface area (Å²) in [6.07, 6.45) is 10.1. The highest BCUT2D eigenvalue weighted by Gasteiger charge is 2.11. The van der Waals surface area contributed by atoms with Crippen LogP contribution in [0.2, 0.25) is 0 Å². The molecule has 0 heterocycles. The van der Waals surface area contributed by atoms with E-state index in [2.05, 4.69) is 56.2 Å². The molecule has 0 saturated carbocycles. The van der Waals surface area contributed by atoms with E-state index >= 15 is 0 Å². The fourth-order valence-corrected chi connectivity index (χ4v) is 2.09. The van der Waals surface area contributed by atoms with Crippen LogP contribution in [0.1, 0.15) is 26.7 Å². The maximum Gasteiger partial charge on any atom is 0.0455 e. The first-order chi connectivity index (χ1) is 9.28. The summed E-state index contributed by atoms with van der Waals surface area (Å²) in [7, 11) is 0. The van der Waals surface area contributed by atoms with Gasteiger partial charge in [0.15, 0.2) is 0 Å². The van der Waals surface area contributed by atoms with Crippen molar-refractivity contribution >= 4 is 5.69 Å². The molecule has 0 aliphatic rings. The van der Waals surface area contributed by atoms with Crippen molar-refractivity contribution in [2.45, 2.75) is 26.7 Å². The zero-order valence-electron chi connectivity index (χ0n) is 12.0. The molecule has 0 radical (unpaired) electrons. The van der Waals surface area contributed by atoms with Crippen LogP contribution < -0.4 is 4.90 Å². The van der Waals surface area contributed by atoms with Gasteiger partial charge in [0.2, 0.25) is 0 Å². The highest BCUT2D eigenvalue weighted by molar-refractivity contribution is 5.59. The summed E-state index contributed by atoms with van der Waals surface area (Å²) in [4.78, 5) is 2.12. The molecular formula is C18H23N. The van der Waals surface area contributed by atoms with E-state index < -0.39 is 0 Å². The minimum atomic E-state index is 0.983. The number of hydrogen-bond donors (Lipinski definition) is 0. The summed E-state index contributed by atoms with van der Waals surface area (Å²) >= 11 is 0. The molecule has 1 aromatic carbocycles. The van der Waals surface area contributed by atoms with Crippen molar-refractivity contribution in [1.29, 1.82) is 0 Å². The van der Waals surface area contributed by atoms with Gasteiger partial charge in [0.25, 0.3) is 0 Å². The normalized spacial score (nSPS) is 12.1. The number of anilines is 1. The van der Waals surface area contributed by atoms with Gasteiger partial charge in [-0.15, -0.1) is 6.58 Å². The minimum absolute atomic E-state index is 0.983. The van der Waals surface area contributed by atoms with E-state index in [-0.39, 0.29) is 0 Å². The van der Waals surface area contributed by atoms with E-state index in [1.54, 1.807) is 0 Å². The number of nitrogens with zero attached hydrogens (tertiary/aromatic N) is 1. The topological polar surface area (TPSA) is 3.24 Å². The molecule has 0 N–H and O–H groups in total. The molecule has 0 amide bonds. The summed E-state index contributed by atoms with van der Waals surface area (Å²) < 4.78 is 0. The van der Waals surface area contributed by atoms with Crippen LogP contribution in [0.4, 0.5) is 5.69 Å². The number of benzene rings is 1. The SMILES string of the molecule is C=CCCC(=C\C)/C(=C/C)N(C=C)c1ccccc1. The Morgan fingerprint density at radius 1 is 1.11 bits per heavy atom. The van der Waals surface area contributed by atoms with Crippen LogP contribution in [0.3, 0.4) is 0 Å². The van der Waals surface area contributed by atoms with E-state index in [4.69, 9.17) is 0 Å². The Hall–Kier alpha value is -2.02. The van der Waals surface area contributed by atoms with Gasteiger partial charge in [0.1, 0.15) is 0 Å². The zero-order chi connectivity index (χ0) is 14.1. The van der Waals surface area contributed by atoms with E-state index in [0.29, 0.717) is 0 Å².